The molecule has 5 nitrogen and oxygen atoms in total. The molecule has 1 aliphatic heterocycles. The molecule has 1 saturated carbocycles. The van der Waals surface area contributed by atoms with E-state index in [1.54, 1.807) is 11.1 Å². The first-order valence-corrected chi connectivity index (χ1v) is 8.94. The molecule has 0 radical (unpaired) electrons. The summed E-state index contributed by atoms with van der Waals surface area (Å²) in [5.41, 5.74) is 0.813. The van der Waals surface area contributed by atoms with Crippen LogP contribution in [0.3, 0.4) is 0 Å². The molecule has 24 heavy (non-hydrogen) atoms. The van der Waals surface area contributed by atoms with Gasteiger partial charge in [-0.15, -0.1) is 0 Å². The summed E-state index contributed by atoms with van der Waals surface area (Å²) in [7, 11) is 0. The number of amides is 1. The number of rotatable bonds is 5. The summed E-state index contributed by atoms with van der Waals surface area (Å²) in [6.45, 7) is 9.12. The maximum absolute atomic E-state index is 12.1. The molecule has 0 spiro atoms. The molecule has 1 amide bonds. The SMILES string of the molecule is CC[C@H]1CC1c1cncc(OC[C@@H]2CCN2C(=O)OC(C)(C)C)c1. The Balaban J connectivity index is 1.51. The maximum Gasteiger partial charge on any atom is 0.410 e. The number of hydrogen-bond acceptors (Lipinski definition) is 4. The summed E-state index contributed by atoms with van der Waals surface area (Å²) in [5.74, 6) is 2.25. The van der Waals surface area contributed by atoms with E-state index in [1.807, 2.05) is 27.0 Å². The lowest BCUT2D eigenvalue weighted by molar-refractivity contribution is -0.0141. The van der Waals surface area contributed by atoms with Gasteiger partial charge < -0.3 is 14.4 Å². The molecule has 0 bridgehead atoms. The highest BCUT2D eigenvalue weighted by Crippen LogP contribution is 2.49. The van der Waals surface area contributed by atoms with Crippen LogP contribution in [0.5, 0.6) is 5.75 Å². The van der Waals surface area contributed by atoms with E-state index in [0.717, 1.165) is 24.6 Å². The van der Waals surface area contributed by atoms with Crippen molar-refractivity contribution >= 4 is 6.09 Å². The van der Waals surface area contributed by atoms with E-state index in [2.05, 4.69) is 18.0 Å². The van der Waals surface area contributed by atoms with Crippen molar-refractivity contribution in [3.8, 4) is 5.75 Å². The fourth-order valence-corrected chi connectivity index (χ4v) is 3.19. The second-order valence-electron chi connectivity index (χ2n) is 7.89. The summed E-state index contributed by atoms with van der Waals surface area (Å²) in [5, 5.41) is 0. The van der Waals surface area contributed by atoms with Gasteiger partial charge in [0.2, 0.25) is 0 Å². The zero-order valence-corrected chi connectivity index (χ0v) is 15.1. The van der Waals surface area contributed by atoms with Gasteiger partial charge in [0, 0.05) is 12.7 Å². The van der Waals surface area contributed by atoms with Gasteiger partial charge in [-0.2, -0.15) is 0 Å². The Morgan fingerprint density at radius 2 is 2.17 bits per heavy atom. The van der Waals surface area contributed by atoms with Gasteiger partial charge in [-0.05, 0) is 57.1 Å². The van der Waals surface area contributed by atoms with Crippen molar-refractivity contribution in [3.05, 3.63) is 24.0 Å². The van der Waals surface area contributed by atoms with E-state index in [9.17, 15) is 4.79 Å². The second kappa shape index (κ2) is 6.61. The first-order chi connectivity index (χ1) is 11.4. The standard InChI is InChI=1S/C19H28N2O3/c1-5-13-9-17(13)14-8-16(11-20-10-14)23-12-15-6-7-21(15)18(22)24-19(2,3)4/h8,10-11,13,15,17H,5-7,9,12H2,1-4H3/t13-,15-,17?/m0/s1. The quantitative estimate of drug-likeness (QED) is 0.818. The molecule has 0 N–H and O–H groups in total. The number of ether oxygens (including phenoxy) is 2. The number of carbonyl (C=O) groups excluding carboxylic acids is 1. The number of hydrogen-bond donors (Lipinski definition) is 0. The van der Waals surface area contributed by atoms with Crippen LogP contribution in [0.1, 0.15) is 58.4 Å². The summed E-state index contributed by atoms with van der Waals surface area (Å²) in [6, 6.07) is 2.19. The van der Waals surface area contributed by atoms with E-state index >= 15 is 0 Å². The minimum absolute atomic E-state index is 0.0906. The van der Waals surface area contributed by atoms with Gasteiger partial charge >= 0.3 is 6.09 Å². The molecule has 1 saturated heterocycles. The molecular formula is C19H28N2O3. The normalized spacial score (nSPS) is 25.8. The first kappa shape index (κ1) is 17.1. The fourth-order valence-electron chi connectivity index (χ4n) is 3.19. The van der Waals surface area contributed by atoms with Crippen molar-refractivity contribution < 1.29 is 14.3 Å². The van der Waals surface area contributed by atoms with Gasteiger partial charge in [-0.25, -0.2) is 4.79 Å². The lowest BCUT2D eigenvalue weighted by atomic mass is 10.1. The van der Waals surface area contributed by atoms with Crippen LogP contribution >= 0.6 is 0 Å². The molecule has 3 rings (SSSR count). The number of carbonyl (C=O) groups is 1. The Morgan fingerprint density at radius 1 is 1.38 bits per heavy atom. The number of aromatic nitrogens is 1. The predicted molar refractivity (Wildman–Crippen MR) is 92.2 cm³/mol. The predicted octanol–water partition coefficient (Wildman–Crippen LogP) is 3.98. The monoisotopic (exact) mass is 332 g/mol. The third-order valence-corrected chi connectivity index (χ3v) is 4.82. The molecule has 1 aromatic rings. The molecule has 2 fully saturated rings. The first-order valence-electron chi connectivity index (χ1n) is 8.94. The molecule has 3 atom stereocenters. The molecule has 1 aliphatic carbocycles. The third kappa shape index (κ3) is 4.00. The molecule has 132 valence electrons. The van der Waals surface area contributed by atoms with Crippen LogP contribution in [-0.4, -0.2) is 40.8 Å². The number of likely N-dealkylation sites (tertiary alicyclic amines) is 1. The summed E-state index contributed by atoms with van der Waals surface area (Å²) in [6.07, 6.45) is 6.89. The average Bonchev–Trinajstić information content (AvgIpc) is 3.24. The van der Waals surface area contributed by atoms with E-state index in [0.29, 0.717) is 12.5 Å². The topological polar surface area (TPSA) is 51.7 Å². The average molecular weight is 332 g/mol. The maximum atomic E-state index is 12.1. The van der Waals surface area contributed by atoms with Gasteiger partial charge in [0.05, 0.1) is 12.2 Å². The van der Waals surface area contributed by atoms with Gasteiger partial charge in [0.25, 0.3) is 0 Å². The van der Waals surface area contributed by atoms with Crippen molar-refractivity contribution in [2.75, 3.05) is 13.2 Å². The fraction of sp³-hybridized carbons (Fsp3) is 0.684. The van der Waals surface area contributed by atoms with Gasteiger partial charge in [0.1, 0.15) is 18.0 Å². The Bertz CT molecular complexity index is 597. The highest BCUT2D eigenvalue weighted by molar-refractivity contribution is 5.69. The van der Waals surface area contributed by atoms with Gasteiger partial charge in [-0.1, -0.05) is 13.3 Å². The Labute approximate surface area is 144 Å². The minimum atomic E-state index is -0.462. The van der Waals surface area contributed by atoms with Gasteiger partial charge in [-0.3, -0.25) is 4.98 Å². The Hall–Kier alpha value is -1.78. The van der Waals surface area contributed by atoms with Crippen molar-refractivity contribution in [1.29, 1.82) is 0 Å². The highest BCUT2D eigenvalue weighted by Gasteiger charge is 2.37. The molecule has 1 unspecified atom stereocenters. The van der Waals surface area contributed by atoms with E-state index in [1.165, 1.54) is 18.4 Å². The van der Waals surface area contributed by atoms with E-state index < -0.39 is 5.60 Å². The highest BCUT2D eigenvalue weighted by atomic mass is 16.6. The lowest BCUT2D eigenvalue weighted by Gasteiger charge is -2.40. The van der Waals surface area contributed by atoms with Crippen molar-refractivity contribution in [2.24, 2.45) is 5.92 Å². The van der Waals surface area contributed by atoms with Crippen LogP contribution < -0.4 is 4.74 Å². The molecule has 0 aromatic carbocycles. The van der Waals surface area contributed by atoms with Crippen LogP contribution in [0.2, 0.25) is 0 Å². The molecule has 5 heteroatoms. The molecule has 2 aliphatic rings. The number of pyridine rings is 1. The molecule has 2 heterocycles. The molecular weight excluding hydrogens is 304 g/mol. The summed E-state index contributed by atoms with van der Waals surface area (Å²) < 4.78 is 11.3. The van der Waals surface area contributed by atoms with Crippen molar-refractivity contribution in [2.45, 2.75) is 64.5 Å². The number of nitrogens with zero attached hydrogens (tertiary/aromatic N) is 2. The van der Waals surface area contributed by atoms with Crippen LogP contribution in [0, 0.1) is 5.92 Å². The molecule has 1 aromatic heterocycles. The Kier molecular flexibility index (Phi) is 4.70. The minimum Gasteiger partial charge on any atom is -0.490 e. The lowest BCUT2D eigenvalue weighted by Crippen LogP contribution is -2.55. The second-order valence-corrected chi connectivity index (χ2v) is 7.89. The summed E-state index contributed by atoms with van der Waals surface area (Å²) in [4.78, 5) is 18.2. The van der Waals surface area contributed by atoms with Crippen molar-refractivity contribution in [3.63, 3.8) is 0 Å². The Morgan fingerprint density at radius 3 is 2.75 bits per heavy atom. The van der Waals surface area contributed by atoms with E-state index in [4.69, 9.17) is 9.47 Å². The van der Waals surface area contributed by atoms with Crippen LogP contribution in [0.15, 0.2) is 18.5 Å². The summed E-state index contributed by atoms with van der Waals surface area (Å²) >= 11 is 0. The third-order valence-electron chi connectivity index (χ3n) is 4.82. The zero-order valence-electron chi connectivity index (χ0n) is 15.1. The largest absolute Gasteiger partial charge is 0.490 e. The zero-order chi connectivity index (χ0) is 17.3. The van der Waals surface area contributed by atoms with Crippen LogP contribution in [0.25, 0.3) is 0 Å². The smallest absolute Gasteiger partial charge is 0.410 e. The van der Waals surface area contributed by atoms with Crippen LogP contribution in [0.4, 0.5) is 4.79 Å². The van der Waals surface area contributed by atoms with E-state index in [-0.39, 0.29) is 12.1 Å². The van der Waals surface area contributed by atoms with Gasteiger partial charge in [0.15, 0.2) is 0 Å². The van der Waals surface area contributed by atoms with Crippen LogP contribution in [-0.2, 0) is 4.74 Å². The van der Waals surface area contributed by atoms with Crippen molar-refractivity contribution in [1.82, 2.24) is 9.88 Å².